The number of carboxylic acid groups (broad SMARTS) is 1. The lowest BCUT2D eigenvalue weighted by Gasteiger charge is -2.39. The number of aliphatic carboxylic acids is 1. The number of halogens is 3. The van der Waals surface area contributed by atoms with E-state index in [1.165, 1.54) is 35.5 Å². The van der Waals surface area contributed by atoms with Gasteiger partial charge in [-0.05, 0) is 25.2 Å². The van der Waals surface area contributed by atoms with E-state index < -0.39 is 12.1 Å². The Labute approximate surface area is 206 Å². The molecule has 1 N–H and O–H groups in total. The Hall–Kier alpha value is -2.66. The van der Waals surface area contributed by atoms with E-state index in [0.717, 1.165) is 43.5 Å². The van der Waals surface area contributed by atoms with Gasteiger partial charge in [0.25, 0.3) is 0 Å². The highest BCUT2D eigenvalue weighted by Gasteiger charge is 2.49. The van der Waals surface area contributed by atoms with Crippen LogP contribution in [0.15, 0.2) is 30.3 Å². The van der Waals surface area contributed by atoms with Crippen molar-refractivity contribution in [2.24, 2.45) is 5.92 Å². The van der Waals surface area contributed by atoms with Gasteiger partial charge in [-0.1, -0.05) is 30.3 Å². The zero-order chi connectivity index (χ0) is 25.4. The lowest BCUT2D eigenvalue weighted by Crippen LogP contribution is -2.49. The minimum Gasteiger partial charge on any atom is -0.475 e. The number of hydrogen-bond donors (Lipinski definition) is 1. The fourth-order valence-corrected chi connectivity index (χ4v) is 6.01. The molecule has 2 amide bonds. The van der Waals surface area contributed by atoms with Gasteiger partial charge in [0.15, 0.2) is 0 Å². The highest BCUT2D eigenvalue weighted by Crippen LogP contribution is 2.45. The Morgan fingerprint density at radius 3 is 2.43 bits per heavy atom. The van der Waals surface area contributed by atoms with Gasteiger partial charge in [0.2, 0.25) is 0 Å². The van der Waals surface area contributed by atoms with Gasteiger partial charge in [-0.2, -0.15) is 13.2 Å². The normalized spacial score (nSPS) is 21.9. The third-order valence-corrected chi connectivity index (χ3v) is 7.67. The molecule has 1 saturated heterocycles. The van der Waals surface area contributed by atoms with Crippen molar-refractivity contribution in [1.29, 1.82) is 0 Å². The van der Waals surface area contributed by atoms with E-state index >= 15 is 0 Å². The molecule has 35 heavy (non-hydrogen) atoms. The first-order valence-corrected chi connectivity index (χ1v) is 12.3. The molecular weight excluding hydrogens is 481 g/mol. The number of amides is 2. The molecule has 2 aromatic rings. The molecule has 2 aliphatic heterocycles. The number of hydrogen-bond acceptors (Lipinski definition) is 5. The van der Waals surface area contributed by atoms with Crippen LogP contribution in [0.25, 0.3) is 10.6 Å². The van der Waals surface area contributed by atoms with Crippen molar-refractivity contribution in [3.05, 3.63) is 40.9 Å². The summed E-state index contributed by atoms with van der Waals surface area (Å²) < 4.78 is 31.7. The minimum atomic E-state index is -5.08. The monoisotopic (exact) mass is 510 g/mol. The number of benzene rings is 1. The van der Waals surface area contributed by atoms with Crippen molar-refractivity contribution in [2.75, 3.05) is 40.3 Å². The van der Waals surface area contributed by atoms with Crippen LogP contribution in [0.5, 0.6) is 0 Å². The topological polar surface area (TPSA) is 77.0 Å². The molecule has 0 bridgehead atoms. The predicted octanol–water partition coefficient (Wildman–Crippen LogP) is 4.29. The molecular formula is C24H29F3N4O3S. The number of aromatic nitrogens is 1. The van der Waals surface area contributed by atoms with Gasteiger partial charge in [-0.15, -0.1) is 11.3 Å². The number of carboxylic acids is 1. The molecule has 1 saturated carbocycles. The summed E-state index contributed by atoms with van der Waals surface area (Å²) in [6.07, 6.45) is -1.32. The van der Waals surface area contributed by atoms with E-state index in [0.29, 0.717) is 0 Å². The molecule has 2 fully saturated rings. The third-order valence-electron chi connectivity index (χ3n) is 6.58. The zero-order valence-corrected chi connectivity index (χ0v) is 20.5. The van der Waals surface area contributed by atoms with Crippen molar-refractivity contribution >= 4 is 23.3 Å². The summed E-state index contributed by atoms with van der Waals surface area (Å²) in [5.74, 6) is -1.88. The number of alkyl halides is 3. The largest absolute Gasteiger partial charge is 0.490 e. The first-order valence-electron chi connectivity index (χ1n) is 11.5. The first kappa shape index (κ1) is 25.4. The lowest BCUT2D eigenvalue weighted by atomic mass is 9.80. The number of rotatable bonds is 3. The molecule has 1 unspecified atom stereocenters. The van der Waals surface area contributed by atoms with Crippen molar-refractivity contribution in [3.63, 3.8) is 0 Å². The van der Waals surface area contributed by atoms with Gasteiger partial charge in [0, 0.05) is 62.7 Å². The van der Waals surface area contributed by atoms with Gasteiger partial charge in [0.1, 0.15) is 5.01 Å². The maximum absolute atomic E-state index is 12.6. The van der Waals surface area contributed by atoms with Crippen molar-refractivity contribution in [3.8, 4) is 10.6 Å². The molecule has 1 aromatic heterocycles. The summed E-state index contributed by atoms with van der Waals surface area (Å²) in [6.45, 7) is 4.86. The Bertz CT molecular complexity index is 1070. The number of nitrogens with zero attached hydrogens (tertiary/aromatic N) is 4. The number of fused-ring (bicyclic) bond motifs is 2. The van der Waals surface area contributed by atoms with Crippen LogP contribution in [0.2, 0.25) is 0 Å². The van der Waals surface area contributed by atoms with E-state index in [9.17, 15) is 18.0 Å². The summed E-state index contributed by atoms with van der Waals surface area (Å²) in [5.41, 5.74) is 2.44. The molecule has 190 valence electrons. The molecule has 3 heterocycles. The van der Waals surface area contributed by atoms with Gasteiger partial charge >= 0.3 is 18.2 Å². The summed E-state index contributed by atoms with van der Waals surface area (Å²) in [5, 5.41) is 8.25. The zero-order valence-electron chi connectivity index (χ0n) is 19.7. The number of thiazole rings is 1. The average molecular weight is 511 g/mol. The van der Waals surface area contributed by atoms with Crippen LogP contribution >= 0.6 is 11.3 Å². The van der Waals surface area contributed by atoms with E-state index in [-0.39, 0.29) is 11.4 Å². The Balaban J connectivity index is 0.000000364. The Kier molecular flexibility index (Phi) is 7.10. The second-order valence-electron chi connectivity index (χ2n) is 9.70. The molecule has 1 atom stereocenters. The summed E-state index contributed by atoms with van der Waals surface area (Å²) >= 11 is 1.85. The maximum Gasteiger partial charge on any atom is 0.490 e. The maximum atomic E-state index is 12.6. The highest BCUT2D eigenvalue weighted by molar-refractivity contribution is 7.15. The molecule has 3 aliphatic rings. The summed E-state index contributed by atoms with van der Waals surface area (Å²) in [4.78, 5) is 34.4. The SMILES string of the molecule is CN(C)C(=O)N1CCC2(CN(CC3CC3)Cc3sc(-c4ccccc4)nc32)C1.O=C(O)C(F)(F)F. The van der Waals surface area contributed by atoms with Crippen LogP contribution in [-0.4, -0.2) is 83.2 Å². The standard InChI is InChI=1S/C22H28N4OS.C2HF3O2/c1-24(2)21(27)26-11-10-22(15-26)14-25(12-16-8-9-16)13-18-19(22)23-20(28-18)17-6-4-3-5-7-17;3-2(4,5)1(6)7/h3-7,16H,8-15H2,1-2H3;(H,6,7). The second-order valence-corrected chi connectivity index (χ2v) is 10.8. The highest BCUT2D eigenvalue weighted by atomic mass is 32.1. The Morgan fingerprint density at radius 1 is 1.20 bits per heavy atom. The van der Waals surface area contributed by atoms with E-state index in [1.54, 1.807) is 4.90 Å². The van der Waals surface area contributed by atoms with Gasteiger partial charge in [-0.3, -0.25) is 4.90 Å². The average Bonchev–Trinajstić information content (AvgIpc) is 3.34. The molecule has 1 spiro atoms. The van der Waals surface area contributed by atoms with Gasteiger partial charge in [0.05, 0.1) is 5.69 Å². The Morgan fingerprint density at radius 2 is 1.86 bits per heavy atom. The first-order chi connectivity index (χ1) is 16.5. The van der Waals surface area contributed by atoms with Crippen LogP contribution < -0.4 is 0 Å². The van der Waals surface area contributed by atoms with Crippen LogP contribution in [0.4, 0.5) is 18.0 Å². The van der Waals surface area contributed by atoms with Crippen LogP contribution in [0.3, 0.4) is 0 Å². The van der Waals surface area contributed by atoms with E-state index in [2.05, 4.69) is 35.2 Å². The van der Waals surface area contributed by atoms with Crippen LogP contribution in [0, 0.1) is 5.92 Å². The lowest BCUT2D eigenvalue weighted by molar-refractivity contribution is -0.192. The molecule has 0 radical (unpaired) electrons. The fourth-order valence-electron chi connectivity index (χ4n) is 4.77. The number of carbonyl (C=O) groups is 2. The van der Waals surface area contributed by atoms with Gasteiger partial charge in [-0.25, -0.2) is 14.6 Å². The molecule has 5 rings (SSSR count). The van der Waals surface area contributed by atoms with Crippen LogP contribution in [-0.2, 0) is 16.8 Å². The number of carbonyl (C=O) groups excluding carboxylic acids is 1. The smallest absolute Gasteiger partial charge is 0.475 e. The number of likely N-dealkylation sites (tertiary alicyclic amines) is 1. The predicted molar refractivity (Wildman–Crippen MR) is 126 cm³/mol. The summed E-state index contributed by atoms with van der Waals surface area (Å²) in [6, 6.07) is 10.6. The molecule has 1 aromatic carbocycles. The van der Waals surface area contributed by atoms with Gasteiger partial charge < -0.3 is 14.9 Å². The number of urea groups is 1. The van der Waals surface area contributed by atoms with E-state index in [1.807, 2.05) is 30.3 Å². The minimum absolute atomic E-state index is 0.0162. The summed E-state index contributed by atoms with van der Waals surface area (Å²) in [7, 11) is 3.69. The molecule has 1 aliphatic carbocycles. The van der Waals surface area contributed by atoms with Crippen molar-refractivity contribution < 1.29 is 27.9 Å². The molecule has 7 nitrogen and oxygen atoms in total. The van der Waals surface area contributed by atoms with E-state index in [4.69, 9.17) is 14.9 Å². The fraction of sp³-hybridized carbons (Fsp3) is 0.542. The van der Waals surface area contributed by atoms with Crippen molar-refractivity contribution in [2.45, 2.75) is 37.4 Å². The van der Waals surface area contributed by atoms with Crippen LogP contribution in [0.1, 0.15) is 29.8 Å². The third kappa shape index (κ3) is 5.78. The molecule has 11 heteroatoms. The van der Waals surface area contributed by atoms with Crippen molar-refractivity contribution in [1.82, 2.24) is 19.7 Å². The quantitative estimate of drug-likeness (QED) is 0.667. The second kappa shape index (κ2) is 9.77.